The van der Waals surface area contributed by atoms with Crippen LogP contribution >= 0.6 is 83.7 Å². The Hall–Kier alpha value is 1.69. The summed E-state index contributed by atoms with van der Waals surface area (Å²) in [6, 6.07) is 4.32. The average Bonchev–Trinajstić information content (AvgIpc) is 2.97. The third kappa shape index (κ3) is 3.37. The molecule has 1 aliphatic carbocycles. The molecule has 0 N–H and O–H groups in total. The summed E-state index contributed by atoms with van der Waals surface area (Å²) < 4.78 is 9.67. The SMILES string of the molecule is BrCC1(COc2c(I)cc(I)cc2I)CC1. The highest BCUT2D eigenvalue weighted by atomic mass is 127. The van der Waals surface area contributed by atoms with E-state index in [0.29, 0.717) is 5.41 Å². The van der Waals surface area contributed by atoms with E-state index in [9.17, 15) is 0 Å². The Bertz CT molecular complexity index is 381. The first-order valence-electron chi connectivity index (χ1n) is 4.90. The molecule has 0 aliphatic heterocycles. The molecule has 1 fully saturated rings. The molecule has 0 aromatic heterocycles. The first-order valence-corrected chi connectivity index (χ1v) is 9.25. The highest BCUT2D eigenvalue weighted by Gasteiger charge is 2.42. The summed E-state index contributed by atoms with van der Waals surface area (Å²) in [5.74, 6) is 1.05. The van der Waals surface area contributed by atoms with Crippen molar-refractivity contribution >= 4 is 83.7 Å². The molecule has 0 spiro atoms. The Morgan fingerprint density at radius 2 is 1.75 bits per heavy atom. The first-order chi connectivity index (χ1) is 7.56. The summed E-state index contributed by atoms with van der Waals surface area (Å²) in [6.07, 6.45) is 2.57. The van der Waals surface area contributed by atoms with Gasteiger partial charge in [-0.05, 0) is 92.7 Å². The summed E-state index contributed by atoms with van der Waals surface area (Å²) in [7, 11) is 0. The molecule has 5 heteroatoms. The van der Waals surface area contributed by atoms with Crippen LogP contribution in [0.2, 0.25) is 0 Å². The first kappa shape index (κ1) is 14.1. The lowest BCUT2D eigenvalue weighted by molar-refractivity contribution is 0.248. The van der Waals surface area contributed by atoms with Crippen molar-refractivity contribution in [3.63, 3.8) is 0 Å². The molecule has 0 radical (unpaired) electrons. The van der Waals surface area contributed by atoms with Crippen LogP contribution in [0, 0.1) is 16.1 Å². The molecule has 0 unspecified atom stereocenters. The van der Waals surface area contributed by atoms with E-state index in [2.05, 4.69) is 95.8 Å². The van der Waals surface area contributed by atoms with E-state index in [-0.39, 0.29) is 0 Å². The summed E-state index contributed by atoms with van der Waals surface area (Å²) in [4.78, 5) is 0. The molecule has 1 aromatic rings. The Labute approximate surface area is 145 Å². The standard InChI is InChI=1S/C11H10BrI3O/c12-5-11(1-2-11)6-16-10-8(14)3-7(13)4-9(10)15/h3-4H,1-2,5-6H2. The van der Waals surface area contributed by atoms with Gasteiger partial charge < -0.3 is 4.74 Å². The van der Waals surface area contributed by atoms with Gasteiger partial charge >= 0.3 is 0 Å². The van der Waals surface area contributed by atoms with Gasteiger partial charge in [-0.1, -0.05) is 15.9 Å². The number of halogens is 4. The minimum Gasteiger partial charge on any atom is -0.491 e. The molecule has 88 valence electrons. The quantitative estimate of drug-likeness (QED) is 0.339. The molecule has 0 atom stereocenters. The zero-order valence-electron chi connectivity index (χ0n) is 8.40. The van der Waals surface area contributed by atoms with Gasteiger partial charge in [0.25, 0.3) is 0 Å². The molecule has 0 saturated heterocycles. The van der Waals surface area contributed by atoms with Gasteiger partial charge in [-0.3, -0.25) is 0 Å². The summed E-state index contributed by atoms with van der Waals surface area (Å²) in [5.41, 5.74) is 0.412. The van der Waals surface area contributed by atoms with Gasteiger partial charge in [-0.25, -0.2) is 0 Å². The number of ether oxygens (including phenoxy) is 1. The molecule has 0 heterocycles. The molecular weight excluding hydrogens is 609 g/mol. The minimum atomic E-state index is 0.412. The zero-order valence-corrected chi connectivity index (χ0v) is 16.5. The number of rotatable bonds is 4. The van der Waals surface area contributed by atoms with E-state index < -0.39 is 0 Å². The monoisotopic (exact) mass is 618 g/mol. The maximum absolute atomic E-state index is 5.99. The second kappa shape index (κ2) is 5.77. The molecule has 0 bridgehead atoms. The van der Waals surface area contributed by atoms with E-state index >= 15 is 0 Å². The van der Waals surface area contributed by atoms with Gasteiger partial charge in [0, 0.05) is 14.3 Å². The lowest BCUT2D eigenvalue weighted by Crippen LogP contribution is -2.15. The minimum absolute atomic E-state index is 0.412. The van der Waals surface area contributed by atoms with Crippen molar-refractivity contribution < 1.29 is 4.74 Å². The van der Waals surface area contributed by atoms with Crippen LogP contribution in [0.3, 0.4) is 0 Å². The molecule has 1 aromatic carbocycles. The third-order valence-corrected chi connectivity index (χ3v) is 6.14. The van der Waals surface area contributed by atoms with Crippen molar-refractivity contribution in [3.8, 4) is 5.75 Å². The molecular formula is C11H10BrI3O. The van der Waals surface area contributed by atoms with Gasteiger partial charge in [-0.2, -0.15) is 0 Å². The maximum Gasteiger partial charge on any atom is 0.146 e. The van der Waals surface area contributed by atoms with Crippen LogP contribution in [0.25, 0.3) is 0 Å². The van der Waals surface area contributed by atoms with Crippen LogP contribution in [0.1, 0.15) is 12.8 Å². The van der Waals surface area contributed by atoms with Crippen molar-refractivity contribution in [2.75, 3.05) is 11.9 Å². The van der Waals surface area contributed by atoms with Gasteiger partial charge in [0.15, 0.2) is 0 Å². The van der Waals surface area contributed by atoms with E-state index in [1.165, 1.54) is 23.6 Å². The van der Waals surface area contributed by atoms with Crippen LogP contribution in [0.15, 0.2) is 12.1 Å². The van der Waals surface area contributed by atoms with Gasteiger partial charge in [0.05, 0.1) is 13.7 Å². The fourth-order valence-corrected chi connectivity index (χ4v) is 6.00. The Morgan fingerprint density at radius 1 is 1.19 bits per heavy atom. The summed E-state index contributed by atoms with van der Waals surface area (Å²) >= 11 is 10.6. The topological polar surface area (TPSA) is 9.23 Å². The fourth-order valence-electron chi connectivity index (χ4n) is 1.39. The van der Waals surface area contributed by atoms with Crippen molar-refractivity contribution in [3.05, 3.63) is 22.8 Å². The van der Waals surface area contributed by atoms with E-state index in [0.717, 1.165) is 17.7 Å². The predicted molar refractivity (Wildman–Crippen MR) is 95.5 cm³/mol. The van der Waals surface area contributed by atoms with Gasteiger partial charge in [0.2, 0.25) is 0 Å². The lowest BCUT2D eigenvalue weighted by Gasteiger charge is -2.15. The average molecular weight is 619 g/mol. The number of hydrogen-bond donors (Lipinski definition) is 0. The van der Waals surface area contributed by atoms with Crippen LogP contribution in [0.4, 0.5) is 0 Å². The van der Waals surface area contributed by atoms with Crippen molar-refractivity contribution in [1.82, 2.24) is 0 Å². The molecule has 1 aliphatic rings. The normalized spacial score (nSPS) is 17.2. The highest BCUT2D eigenvalue weighted by molar-refractivity contribution is 14.1. The summed E-state index contributed by atoms with van der Waals surface area (Å²) in [5, 5.41) is 1.05. The largest absolute Gasteiger partial charge is 0.491 e. The van der Waals surface area contributed by atoms with E-state index in [1.807, 2.05) is 0 Å². The number of benzene rings is 1. The summed E-state index contributed by atoms with van der Waals surface area (Å²) in [6.45, 7) is 0.838. The van der Waals surface area contributed by atoms with Crippen molar-refractivity contribution in [2.24, 2.45) is 5.41 Å². The molecule has 2 rings (SSSR count). The molecule has 0 amide bonds. The molecule has 1 saturated carbocycles. The Balaban J connectivity index is 2.09. The zero-order chi connectivity index (χ0) is 11.8. The smallest absolute Gasteiger partial charge is 0.146 e. The second-order valence-corrected chi connectivity index (χ2v) is 8.25. The maximum atomic E-state index is 5.99. The van der Waals surface area contributed by atoms with Crippen LogP contribution in [-0.4, -0.2) is 11.9 Å². The molecule has 1 nitrogen and oxygen atoms in total. The van der Waals surface area contributed by atoms with Crippen molar-refractivity contribution in [1.29, 1.82) is 0 Å². The second-order valence-electron chi connectivity index (χ2n) is 4.12. The van der Waals surface area contributed by atoms with Gasteiger partial charge in [0.1, 0.15) is 5.75 Å². The predicted octanol–water partition coefficient (Wildman–Crippen LogP) is 5.05. The Morgan fingerprint density at radius 3 is 2.19 bits per heavy atom. The van der Waals surface area contributed by atoms with E-state index in [1.54, 1.807) is 0 Å². The fraction of sp³-hybridized carbons (Fsp3) is 0.455. The van der Waals surface area contributed by atoms with Crippen LogP contribution < -0.4 is 4.74 Å². The lowest BCUT2D eigenvalue weighted by atomic mass is 10.2. The van der Waals surface area contributed by atoms with Gasteiger partial charge in [-0.15, -0.1) is 0 Å². The van der Waals surface area contributed by atoms with Crippen molar-refractivity contribution in [2.45, 2.75) is 12.8 Å². The third-order valence-electron chi connectivity index (χ3n) is 2.73. The Kier molecular flexibility index (Phi) is 5.09. The van der Waals surface area contributed by atoms with E-state index in [4.69, 9.17) is 4.74 Å². The highest BCUT2D eigenvalue weighted by Crippen LogP contribution is 2.47. The number of hydrogen-bond acceptors (Lipinski definition) is 1. The number of alkyl halides is 1. The molecule has 16 heavy (non-hydrogen) atoms. The van der Waals surface area contributed by atoms with Crippen LogP contribution in [-0.2, 0) is 0 Å². The van der Waals surface area contributed by atoms with Crippen LogP contribution in [0.5, 0.6) is 5.75 Å².